The molecule has 2 fully saturated rings. The number of unbranched alkanes of at least 4 members (excludes halogenated alkanes) is 1. The van der Waals surface area contributed by atoms with E-state index in [9.17, 15) is 4.79 Å². The number of amides is 1. The zero-order chi connectivity index (χ0) is 24.7. The molecule has 5 heteroatoms. The molecule has 0 aliphatic carbocycles. The molecule has 35 heavy (non-hydrogen) atoms. The molecule has 2 saturated heterocycles. The molecule has 0 atom stereocenters. The van der Waals surface area contributed by atoms with Crippen LogP contribution in [0, 0.1) is 11.3 Å². The third-order valence-electron chi connectivity index (χ3n) is 7.44. The number of nitrogens with zero attached hydrogens (tertiary/aromatic N) is 2. The van der Waals surface area contributed by atoms with Crippen LogP contribution in [0.2, 0.25) is 0 Å². The van der Waals surface area contributed by atoms with Crippen molar-refractivity contribution in [3.05, 3.63) is 59.7 Å². The Kier molecular flexibility index (Phi) is 8.72. The molecule has 2 aromatic carbocycles. The topological polar surface area (TPSA) is 42.0 Å². The molecule has 190 valence electrons. The highest BCUT2D eigenvalue weighted by atomic mass is 16.5. The van der Waals surface area contributed by atoms with Gasteiger partial charge in [0.25, 0.3) is 5.91 Å². The molecule has 1 spiro atoms. The molecule has 2 aliphatic heterocycles. The summed E-state index contributed by atoms with van der Waals surface area (Å²) >= 11 is 0. The highest BCUT2D eigenvalue weighted by molar-refractivity contribution is 5.94. The van der Waals surface area contributed by atoms with Crippen LogP contribution in [0.25, 0.3) is 0 Å². The standard InChI is InChI=1S/C30H42N2O3/c1-4-5-20-34-27-12-10-25(11-13-27)29(33)32-18-15-30(16-19-32)14-17-31(23-30)21-26-8-6-7-9-28(26)35-22-24(2)3/h6-13,24H,4-5,14-23H2,1-3H3. The summed E-state index contributed by atoms with van der Waals surface area (Å²) in [4.78, 5) is 17.7. The summed E-state index contributed by atoms with van der Waals surface area (Å²) in [6.07, 6.45) is 5.54. The second-order valence-corrected chi connectivity index (χ2v) is 10.8. The Bertz CT molecular complexity index is 948. The molecule has 0 saturated carbocycles. The van der Waals surface area contributed by atoms with Crippen LogP contribution in [0.15, 0.2) is 48.5 Å². The van der Waals surface area contributed by atoms with E-state index in [1.54, 1.807) is 0 Å². The molecule has 0 N–H and O–H groups in total. The van der Waals surface area contributed by atoms with Gasteiger partial charge in [0.05, 0.1) is 13.2 Å². The van der Waals surface area contributed by atoms with Gasteiger partial charge in [-0.3, -0.25) is 9.69 Å². The summed E-state index contributed by atoms with van der Waals surface area (Å²) < 4.78 is 11.8. The summed E-state index contributed by atoms with van der Waals surface area (Å²) in [5.74, 6) is 2.52. The Morgan fingerprint density at radius 1 is 0.971 bits per heavy atom. The van der Waals surface area contributed by atoms with Gasteiger partial charge in [-0.2, -0.15) is 0 Å². The van der Waals surface area contributed by atoms with E-state index in [0.717, 1.165) is 88.7 Å². The van der Waals surface area contributed by atoms with Crippen LogP contribution in [-0.4, -0.2) is 55.1 Å². The zero-order valence-corrected chi connectivity index (χ0v) is 21.8. The second-order valence-electron chi connectivity index (χ2n) is 10.8. The van der Waals surface area contributed by atoms with Crippen LogP contribution in [-0.2, 0) is 6.54 Å². The maximum atomic E-state index is 13.1. The van der Waals surface area contributed by atoms with E-state index in [1.165, 1.54) is 12.0 Å². The molecule has 0 aromatic heterocycles. The Morgan fingerprint density at radius 3 is 2.40 bits per heavy atom. The average Bonchev–Trinajstić information content (AvgIpc) is 3.25. The van der Waals surface area contributed by atoms with E-state index in [-0.39, 0.29) is 5.91 Å². The van der Waals surface area contributed by atoms with Crippen molar-refractivity contribution in [3.63, 3.8) is 0 Å². The predicted octanol–water partition coefficient (Wildman–Crippen LogP) is 6.03. The lowest BCUT2D eigenvalue weighted by Crippen LogP contribution is -2.44. The van der Waals surface area contributed by atoms with Gasteiger partial charge in [0.15, 0.2) is 0 Å². The summed E-state index contributed by atoms with van der Waals surface area (Å²) in [7, 11) is 0. The van der Waals surface area contributed by atoms with E-state index in [4.69, 9.17) is 9.47 Å². The zero-order valence-electron chi connectivity index (χ0n) is 21.8. The Morgan fingerprint density at radius 2 is 1.69 bits per heavy atom. The van der Waals surface area contributed by atoms with Crippen LogP contribution in [0.4, 0.5) is 0 Å². The highest BCUT2D eigenvalue weighted by Gasteiger charge is 2.41. The molecule has 2 aromatic rings. The van der Waals surface area contributed by atoms with E-state index < -0.39 is 0 Å². The molecule has 0 radical (unpaired) electrons. The first-order chi connectivity index (χ1) is 17.0. The maximum Gasteiger partial charge on any atom is 0.253 e. The van der Waals surface area contributed by atoms with Crippen LogP contribution in [0.3, 0.4) is 0 Å². The molecule has 2 aliphatic rings. The van der Waals surface area contributed by atoms with Gasteiger partial charge in [0, 0.05) is 37.3 Å². The number of likely N-dealkylation sites (tertiary alicyclic amines) is 2. The minimum Gasteiger partial charge on any atom is -0.494 e. The van der Waals surface area contributed by atoms with Gasteiger partial charge in [-0.1, -0.05) is 45.4 Å². The summed E-state index contributed by atoms with van der Waals surface area (Å²) in [6, 6.07) is 16.1. The van der Waals surface area contributed by atoms with Crippen LogP contribution >= 0.6 is 0 Å². The van der Waals surface area contributed by atoms with Gasteiger partial charge >= 0.3 is 0 Å². The van der Waals surface area contributed by atoms with E-state index in [1.807, 2.05) is 29.2 Å². The SMILES string of the molecule is CCCCOc1ccc(C(=O)N2CCC3(CCN(Cc4ccccc4OCC(C)C)C3)CC2)cc1. The Labute approximate surface area is 211 Å². The normalized spacial score (nSPS) is 17.8. The first-order valence-corrected chi connectivity index (χ1v) is 13.4. The number of hydrogen-bond donors (Lipinski definition) is 0. The van der Waals surface area contributed by atoms with Crippen molar-refractivity contribution in [1.29, 1.82) is 0 Å². The number of carbonyl (C=O) groups excluding carboxylic acids is 1. The van der Waals surface area contributed by atoms with Crippen LogP contribution in [0.5, 0.6) is 11.5 Å². The van der Waals surface area contributed by atoms with Gasteiger partial charge in [-0.05, 0) is 73.9 Å². The molecule has 4 rings (SSSR count). The monoisotopic (exact) mass is 478 g/mol. The number of carbonyl (C=O) groups is 1. The maximum absolute atomic E-state index is 13.1. The number of hydrogen-bond acceptors (Lipinski definition) is 4. The fourth-order valence-electron chi connectivity index (χ4n) is 5.24. The number of para-hydroxylation sites is 1. The fraction of sp³-hybridized carbons (Fsp3) is 0.567. The van der Waals surface area contributed by atoms with Gasteiger partial charge in [-0.15, -0.1) is 0 Å². The highest BCUT2D eigenvalue weighted by Crippen LogP contribution is 2.41. The largest absolute Gasteiger partial charge is 0.494 e. The number of rotatable bonds is 10. The summed E-state index contributed by atoms with van der Waals surface area (Å²) in [5.41, 5.74) is 2.37. The van der Waals surface area contributed by atoms with E-state index >= 15 is 0 Å². The van der Waals surface area contributed by atoms with Crippen LogP contribution in [0.1, 0.15) is 68.8 Å². The first kappa shape index (κ1) is 25.6. The Balaban J connectivity index is 1.28. The predicted molar refractivity (Wildman–Crippen MR) is 141 cm³/mol. The van der Waals surface area contributed by atoms with Crippen molar-refractivity contribution in [2.75, 3.05) is 39.4 Å². The molecular weight excluding hydrogens is 436 g/mol. The summed E-state index contributed by atoms with van der Waals surface area (Å²) in [5, 5.41) is 0. The van der Waals surface area contributed by atoms with Gasteiger partial charge in [0.2, 0.25) is 0 Å². The van der Waals surface area contributed by atoms with Crippen molar-refractivity contribution in [2.45, 2.75) is 59.4 Å². The number of ether oxygens (including phenoxy) is 2. The lowest BCUT2D eigenvalue weighted by Gasteiger charge is -2.39. The molecule has 2 heterocycles. The summed E-state index contributed by atoms with van der Waals surface area (Å²) in [6.45, 7) is 12.8. The lowest BCUT2D eigenvalue weighted by atomic mass is 9.77. The lowest BCUT2D eigenvalue weighted by molar-refractivity contribution is 0.0587. The minimum absolute atomic E-state index is 0.144. The third kappa shape index (κ3) is 6.78. The van der Waals surface area contributed by atoms with Gasteiger partial charge in [-0.25, -0.2) is 0 Å². The van der Waals surface area contributed by atoms with E-state index in [2.05, 4.69) is 49.9 Å². The minimum atomic E-state index is 0.144. The average molecular weight is 479 g/mol. The van der Waals surface area contributed by atoms with Crippen molar-refractivity contribution < 1.29 is 14.3 Å². The number of benzene rings is 2. The Hall–Kier alpha value is -2.53. The fourth-order valence-corrected chi connectivity index (χ4v) is 5.24. The first-order valence-electron chi connectivity index (χ1n) is 13.4. The second kappa shape index (κ2) is 11.9. The molecule has 5 nitrogen and oxygen atoms in total. The van der Waals surface area contributed by atoms with Crippen molar-refractivity contribution in [3.8, 4) is 11.5 Å². The van der Waals surface area contributed by atoms with Gasteiger partial charge < -0.3 is 14.4 Å². The third-order valence-corrected chi connectivity index (χ3v) is 7.44. The molecule has 0 unspecified atom stereocenters. The van der Waals surface area contributed by atoms with Crippen molar-refractivity contribution in [2.24, 2.45) is 11.3 Å². The number of piperidine rings is 1. The molecular formula is C30H42N2O3. The molecule has 1 amide bonds. The van der Waals surface area contributed by atoms with E-state index in [0.29, 0.717) is 11.3 Å². The molecule has 0 bridgehead atoms. The smallest absolute Gasteiger partial charge is 0.253 e. The van der Waals surface area contributed by atoms with Crippen LogP contribution < -0.4 is 9.47 Å². The van der Waals surface area contributed by atoms with Crippen molar-refractivity contribution in [1.82, 2.24) is 9.80 Å². The van der Waals surface area contributed by atoms with Crippen molar-refractivity contribution >= 4 is 5.91 Å². The quantitative estimate of drug-likeness (QED) is 0.391. The van der Waals surface area contributed by atoms with Gasteiger partial charge in [0.1, 0.15) is 11.5 Å².